The van der Waals surface area contributed by atoms with Gasteiger partial charge in [-0.15, -0.1) is 36.8 Å². The Labute approximate surface area is 143 Å². The van der Waals surface area contributed by atoms with Crippen molar-refractivity contribution in [1.29, 1.82) is 0 Å². The Hall–Kier alpha value is 1.08. The first kappa shape index (κ1) is 36.5. The first-order valence-corrected chi connectivity index (χ1v) is 10.6. The van der Waals surface area contributed by atoms with Crippen LogP contribution >= 0.6 is 24.8 Å². The molecule has 6 heteroatoms. The van der Waals surface area contributed by atoms with E-state index in [-0.39, 0.29) is 44.4 Å². The molecule has 112 valence electrons. The molecule has 0 heterocycles. The van der Waals surface area contributed by atoms with Gasteiger partial charge in [0.25, 0.3) is 0 Å². The number of nitrogens with one attached hydrogen (secondary N) is 1. The Balaban J connectivity index is -0.0000000266. The van der Waals surface area contributed by atoms with Crippen molar-refractivity contribution in [2.75, 3.05) is 6.61 Å². The van der Waals surface area contributed by atoms with Gasteiger partial charge in [-0.1, -0.05) is 27.4 Å². The minimum atomic E-state index is -0.250. The van der Waals surface area contributed by atoms with Gasteiger partial charge in [-0.2, -0.15) is 6.08 Å². The Morgan fingerprint density at radius 2 is 1.67 bits per heavy atom. The van der Waals surface area contributed by atoms with E-state index >= 15 is 0 Å². The third-order valence-corrected chi connectivity index (χ3v) is 0.586. The van der Waals surface area contributed by atoms with Crippen LogP contribution in [0.1, 0.15) is 27.2 Å². The number of aliphatic hydroxyl groups is 1. The summed E-state index contributed by atoms with van der Waals surface area (Å²) in [6.45, 7) is 10.6. The first-order valence-electron chi connectivity index (χ1n) is 4.64. The van der Waals surface area contributed by atoms with Crippen LogP contribution in [0.3, 0.4) is 0 Å². The van der Waals surface area contributed by atoms with Gasteiger partial charge in [0.2, 0.25) is 0 Å². The standard InChI is InChI=1S/C5H5.C4H10N.C2H5O.CH3.2ClH.H2Si.Zr/c1-2-4-5-3-1;1-4(2,3)5;1-2-3;;;;;/h1-3H,4H2;5H,1-3H3;3H,1-2H2;1H3;2*1H;1H2;/q4*-1;;;;. The van der Waals surface area contributed by atoms with Gasteiger partial charge in [-0.3, -0.25) is 6.08 Å². The summed E-state index contributed by atoms with van der Waals surface area (Å²) in [6.07, 6.45) is 10.0. The average molecular weight is 392 g/mol. The van der Waals surface area contributed by atoms with Gasteiger partial charge in [-0.25, -0.2) is 12.2 Å². The predicted octanol–water partition coefficient (Wildman–Crippen LogP) is 3.33. The molecule has 0 atom stereocenters. The van der Waals surface area contributed by atoms with Gasteiger partial charge < -0.3 is 25.2 Å². The number of allylic oxidation sites excluding steroid dienone is 4. The fourth-order valence-corrected chi connectivity index (χ4v) is 0.340. The molecular weight excluding hydrogens is 364 g/mol. The van der Waals surface area contributed by atoms with E-state index in [1.807, 2.05) is 39.8 Å². The van der Waals surface area contributed by atoms with E-state index in [1.165, 1.54) is 0 Å². The zero-order chi connectivity index (χ0) is 12.7. The van der Waals surface area contributed by atoms with Gasteiger partial charge in [0, 0.05) is 0 Å². The van der Waals surface area contributed by atoms with Crippen molar-refractivity contribution in [2.45, 2.75) is 32.7 Å². The molecule has 2 N–H and O–H groups in total. The molecular formula is C12H27Cl2NOSiZr-4. The number of hydrogen-bond donors (Lipinski definition) is 1. The predicted molar refractivity (Wildman–Crippen MR) is 87.5 cm³/mol. The minimum absolute atomic E-state index is 0. The molecule has 0 aromatic heterocycles. The molecule has 0 aliphatic heterocycles. The average Bonchev–Trinajstić information content (AvgIpc) is 2.61. The summed E-state index contributed by atoms with van der Waals surface area (Å²) in [5, 5.41) is 7.46. The van der Waals surface area contributed by atoms with E-state index in [0.717, 1.165) is 6.42 Å². The van der Waals surface area contributed by atoms with Crippen LogP contribution in [-0.4, -0.2) is 24.1 Å². The van der Waals surface area contributed by atoms with Gasteiger partial charge in [0.15, 0.2) is 0 Å². The SMILES string of the molecule is CC(C)(C)[NH-].Cl.Cl.[C-]1=CC=CC1.[CH2-]CO.[CH3-].[SiH2]=[Zr]. The number of halogens is 2. The molecule has 0 aromatic carbocycles. The molecule has 0 amide bonds. The van der Waals surface area contributed by atoms with Crippen LogP contribution in [0.5, 0.6) is 0 Å². The second kappa shape index (κ2) is 30.8. The molecule has 1 aliphatic carbocycles. The number of aliphatic hydroxyl groups excluding tert-OH is 1. The zero-order valence-electron chi connectivity index (χ0n) is 11.8. The molecule has 1 rings (SSSR count). The van der Waals surface area contributed by atoms with Crippen molar-refractivity contribution >= 4 is 31.7 Å². The van der Waals surface area contributed by atoms with Crippen molar-refractivity contribution < 1.29 is 28.4 Å². The van der Waals surface area contributed by atoms with E-state index in [1.54, 1.807) is 23.3 Å². The Bertz CT molecular complexity index is 158. The van der Waals surface area contributed by atoms with Crippen LogP contribution in [0.25, 0.3) is 5.73 Å². The van der Waals surface area contributed by atoms with Gasteiger partial charge in [0.05, 0.1) is 0 Å². The van der Waals surface area contributed by atoms with E-state index in [2.05, 4.69) is 19.1 Å². The van der Waals surface area contributed by atoms with Crippen molar-refractivity contribution in [1.82, 2.24) is 0 Å². The van der Waals surface area contributed by atoms with Crippen LogP contribution in [0.4, 0.5) is 0 Å². The summed E-state index contributed by atoms with van der Waals surface area (Å²) >= 11 is 1.58. The van der Waals surface area contributed by atoms with Crippen LogP contribution in [0, 0.1) is 20.4 Å². The fraction of sp³-hybridized carbons (Fsp3) is 0.500. The molecule has 1 aliphatic rings. The van der Waals surface area contributed by atoms with Crippen LogP contribution in [0.15, 0.2) is 18.2 Å². The van der Waals surface area contributed by atoms with Crippen LogP contribution in [-0.2, 0) is 23.3 Å². The normalized spacial score (nSPS) is 9.39. The summed E-state index contributed by atoms with van der Waals surface area (Å²) in [7, 11) is 0. The van der Waals surface area contributed by atoms with Crippen molar-refractivity contribution in [2.24, 2.45) is 0 Å². The van der Waals surface area contributed by atoms with Crippen molar-refractivity contribution in [3.8, 4) is 0 Å². The van der Waals surface area contributed by atoms with Crippen molar-refractivity contribution in [3.63, 3.8) is 0 Å². The molecule has 18 heavy (non-hydrogen) atoms. The summed E-state index contributed by atoms with van der Waals surface area (Å²) in [5.41, 5.74) is 6.69. The summed E-state index contributed by atoms with van der Waals surface area (Å²) in [6, 6.07) is 0. The Morgan fingerprint density at radius 1 is 1.39 bits per heavy atom. The van der Waals surface area contributed by atoms with Gasteiger partial charge >= 0.3 is 30.2 Å². The maximum atomic E-state index is 7.46. The molecule has 0 bridgehead atoms. The van der Waals surface area contributed by atoms with E-state index in [4.69, 9.17) is 10.8 Å². The monoisotopic (exact) mass is 389 g/mol. The quantitative estimate of drug-likeness (QED) is 0.500. The molecule has 0 radical (unpaired) electrons. The number of rotatable bonds is 0. The van der Waals surface area contributed by atoms with E-state index in [0.29, 0.717) is 0 Å². The molecule has 0 saturated carbocycles. The molecule has 2 nitrogen and oxygen atoms in total. The second-order valence-electron chi connectivity index (χ2n) is 3.48. The fourth-order valence-electron chi connectivity index (χ4n) is 0.340. The summed E-state index contributed by atoms with van der Waals surface area (Å²) < 4.78 is 0. The van der Waals surface area contributed by atoms with Gasteiger partial charge in [-0.05, 0) is 0 Å². The zero-order valence-corrected chi connectivity index (χ0v) is 17.3. The summed E-state index contributed by atoms with van der Waals surface area (Å²) in [5.74, 6) is 0. The Morgan fingerprint density at radius 3 is 1.72 bits per heavy atom. The van der Waals surface area contributed by atoms with Gasteiger partial charge in [0.1, 0.15) is 0 Å². The van der Waals surface area contributed by atoms with E-state index in [9.17, 15) is 0 Å². The number of hydrogen-bond acceptors (Lipinski definition) is 1. The maximum absolute atomic E-state index is 7.46. The first-order chi connectivity index (χ1) is 6.91. The molecule has 0 aromatic rings. The van der Waals surface area contributed by atoms with Crippen molar-refractivity contribution in [3.05, 3.63) is 44.4 Å². The third kappa shape index (κ3) is 119. The molecule has 0 fully saturated rings. The molecule has 0 saturated heterocycles. The Kier molecular flexibility index (Phi) is 62.4. The second-order valence-corrected chi connectivity index (χ2v) is 3.48. The summed E-state index contributed by atoms with van der Waals surface area (Å²) in [4.78, 5) is 0. The molecule has 0 unspecified atom stereocenters. The topological polar surface area (TPSA) is 44.0 Å². The van der Waals surface area contributed by atoms with E-state index < -0.39 is 0 Å². The van der Waals surface area contributed by atoms with Crippen LogP contribution in [0.2, 0.25) is 0 Å². The molecule has 0 spiro atoms. The van der Waals surface area contributed by atoms with Crippen LogP contribution < -0.4 is 0 Å². The third-order valence-electron chi connectivity index (χ3n) is 0.586.